The Kier molecular flexibility index (Phi) is 2.83. The molecule has 0 aromatic carbocycles. The summed E-state index contributed by atoms with van der Waals surface area (Å²) in [6.45, 7) is 0. The van der Waals surface area contributed by atoms with E-state index in [2.05, 4.69) is 73.3 Å². The highest BCUT2D eigenvalue weighted by Crippen LogP contribution is 2.33. The summed E-state index contributed by atoms with van der Waals surface area (Å²) in [5.74, 6) is 0. The highest BCUT2D eigenvalue weighted by molar-refractivity contribution is 14.1. The SMILES string of the molecule is BrC1C=CC(I)=C1I. The lowest BCUT2D eigenvalue weighted by atomic mass is 10.5. The first-order valence-corrected chi connectivity index (χ1v) is 5.16. The minimum Gasteiger partial charge on any atom is -0.0787 e. The van der Waals surface area contributed by atoms with Crippen LogP contribution in [0.15, 0.2) is 19.3 Å². The third-order valence-corrected chi connectivity index (χ3v) is 5.73. The minimum absolute atomic E-state index is 0.481. The van der Waals surface area contributed by atoms with E-state index >= 15 is 0 Å². The van der Waals surface area contributed by atoms with Crippen LogP contribution in [0, 0.1) is 0 Å². The molecule has 1 aliphatic rings. The van der Waals surface area contributed by atoms with Crippen LogP contribution in [-0.4, -0.2) is 4.83 Å². The second kappa shape index (κ2) is 3.01. The summed E-state index contributed by atoms with van der Waals surface area (Å²) in [6, 6.07) is 0. The number of hydrogen-bond acceptors (Lipinski definition) is 0. The number of hydrogen-bond donors (Lipinski definition) is 0. The van der Waals surface area contributed by atoms with E-state index in [1.807, 2.05) is 0 Å². The Morgan fingerprint density at radius 2 is 2.12 bits per heavy atom. The fourth-order valence-corrected chi connectivity index (χ4v) is 2.22. The molecule has 1 atom stereocenters. The molecule has 1 rings (SSSR count). The lowest BCUT2D eigenvalue weighted by Gasteiger charge is -1.94. The highest BCUT2D eigenvalue weighted by Gasteiger charge is 2.11. The first-order valence-electron chi connectivity index (χ1n) is 2.09. The van der Waals surface area contributed by atoms with E-state index in [9.17, 15) is 0 Å². The lowest BCUT2D eigenvalue weighted by molar-refractivity contribution is 1.49. The average molecular weight is 397 g/mol. The molecule has 0 aromatic rings. The molecule has 1 unspecified atom stereocenters. The summed E-state index contributed by atoms with van der Waals surface area (Å²) in [4.78, 5) is 0.481. The second-order valence-corrected chi connectivity index (χ2v) is 4.77. The van der Waals surface area contributed by atoms with Crippen molar-refractivity contribution in [2.45, 2.75) is 4.83 Å². The van der Waals surface area contributed by atoms with Crippen LogP contribution in [0.2, 0.25) is 0 Å². The van der Waals surface area contributed by atoms with Gasteiger partial charge in [0.25, 0.3) is 0 Å². The topological polar surface area (TPSA) is 0 Å². The molecular weight excluding hydrogens is 394 g/mol. The van der Waals surface area contributed by atoms with E-state index < -0.39 is 0 Å². The molecule has 0 aromatic heterocycles. The van der Waals surface area contributed by atoms with E-state index in [-0.39, 0.29) is 0 Å². The van der Waals surface area contributed by atoms with Gasteiger partial charge in [0.15, 0.2) is 0 Å². The summed E-state index contributed by atoms with van der Waals surface area (Å²) < 4.78 is 2.74. The normalized spacial score (nSPS) is 27.6. The Morgan fingerprint density at radius 3 is 2.25 bits per heavy atom. The Hall–Kier alpha value is 1.42. The zero-order valence-electron chi connectivity index (χ0n) is 3.87. The number of rotatable bonds is 0. The fraction of sp³-hybridized carbons (Fsp3) is 0.200. The predicted octanol–water partition coefficient (Wildman–Crippen LogP) is 3.40. The summed E-state index contributed by atoms with van der Waals surface area (Å²) >= 11 is 8.16. The van der Waals surface area contributed by atoms with Crippen molar-refractivity contribution >= 4 is 61.1 Å². The first-order chi connectivity index (χ1) is 3.72. The van der Waals surface area contributed by atoms with E-state index in [1.165, 1.54) is 7.16 Å². The van der Waals surface area contributed by atoms with Crippen LogP contribution in [-0.2, 0) is 0 Å². The largest absolute Gasteiger partial charge is 0.0787 e. The van der Waals surface area contributed by atoms with Crippen molar-refractivity contribution in [1.29, 1.82) is 0 Å². The zero-order chi connectivity index (χ0) is 6.15. The lowest BCUT2D eigenvalue weighted by Crippen LogP contribution is -1.84. The van der Waals surface area contributed by atoms with Crippen molar-refractivity contribution in [3.05, 3.63) is 19.3 Å². The van der Waals surface area contributed by atoms with Gasteiger partial charge >= 0.3 is 0 Å². The zero-order valence-corrected chi connectivity index (χ0v) is 9.77. The molecule has 8 heavy (non-hydrogen) atoms. The fourth-order valence-electron chi connectivity index (χ4n) is 0.465. The molecule has 0 nitrogen and oxygen atoms in total. The Labute approximate surface area is 84.2 Å². The summed E-state index contributed by atoms with van der Waals surface area (Å²) in [7, 11) is 0. The molecule has 0 radical (unpaired) electrons. The van der Waals surface area contributed by atoms with Crippen LogP contribution in [0.25, 0.3) is 0 Å². The van der Waals surface area contributed by atoms with Gasteiger partial charge in [-0.3, -0.25) is 0 Å². The second-order valence-electron chi connectivity index (χ2n) is 1.46. The van der Waals surface area contributed by atoms with E-state index in [4.69, 9.17) is 0 Å². The molecule has 0 amide bonds. The van der Waals surface area contributed by atoms with Crippen LogP contribution >= 0.6 is 61.1 Å². The van der Waals surface area contributed by atoms with E-state index in [0.29, 0.717) is 4.83 Å². The molecule has 0 bridgehead atoms. The van der Waals surface area contributed by atoms with Crippen molar-refractivity contribution in [2.24, 2.45) is 0 Å². The van der Waals surface area contributed by atoms with E-state index in [0.717, 1.165) is 0 Å². The Morgan fingerprint density at radius 1 is 1.50 bits per heavy atom. The standard InChI is InChI=1S/C5H3BrI2/c6-3-1-2-4(7)5(3)8/h1-3H. The Bertz CT molecular complexity index is 160. The van der Waals surface area contributed by atoms with Crippen LogP contribution in [0.5, 0.6) is 0 Å². The Balaban J connectivity index is 2.85. The van der Waals surface area contributed by atoms with Gasteiger partial charge in [0.05, 0.1) is 4.83 Å². The molecule has 1 aliphatic carbocycles. The molecule has 0 heterocycles. The molecule has 0 spiro atoms. The van der Waals surface area contributed by atoms with Gasteiger partial charge in [-0.05, 0) is 45.2 Å². The van der Waals surface area contributed by atoms with Gasteiger partial charge < -0.3 is 0 Å². The highest BCUT2D eigenvalue weighted by atomic mass is 127. The van der Waals surface area contributed by atoms with Crippen LogP contribution in [0.4, 0.5) is 0 Å². The summed E-state index contributed by atoms with van der Waals surface area (Å²) in [5.41, 5.74) is 0. The van der Waals surface area contributed by atoms with Gasteiger partial charge in [0.2, 0.25) is 0 Å². The monoisotopic (exact) mass is 396 g/mol. The van der Waals surface area contributed by atoms with Gasteiger partial charge in [-0.2, -0.15) is 0 Å². The van der Waals surface area contributed by atoms with Crippen LogP contribution in [0.1, 0.15) is 0 Å². The smallest absolute Gasteiger partial charge is 0.0646 e. The molecular formula is C5H3BrI2. The van der Waals surface area contributed by atoms with Crippen molar-refractivity contribution in [2.75, 3.05) is 0 Å². The van der Waals surface area contributed by atoms with Gasteiger partial charge in [0.1, 0.15) is 0 Å². The average Bonchev–Trinajstić information content (AvgIpc) is 1.98. The van der Waals surface area contributed by atoms with Crippen molar-refractivity contribution < 1.29 is 0 Å². The van der Waals surface area contributed by atoms with Crippen LogP contribution in [0.3, 0.4) is 0 Å². The van der Waals surface area contributed by atoms with Gasteiger partial charge in [-0.25, -0.2) is 0 Å². The molecule has 3 heteroatoms. The van der Waals surface area contributed by atoms with Crippen LogP contribution < -0.4 is 0 Å². The molecule has 0 saturated carbocycles. The third kappa shape index (κ3) is 1.47. The quantitative estimate of drug-likeness (QED) is 0.435. The summed E-state index contributed by atoms with van der Waals surface area (Å²) in [5, 5.41) is 0. The van der Waals surface area contributed by atoms with Crippen molar-refractivity contribution in [1.82, 2.24) is 0 Å². The molecule has 0 N–H and O–H groups in total. The predicted molar refractivity (Wildman–Crippen MR) is 56.9 cm³/mol. The third-order valence-electron chi connectivity index (χ3n) is 0.882. The molecule has 0 saturated heterocycles. The number of alkyl halides is 1. The maximum absolute atomic E-state index is 3.49. The number of halogens is 3. The molecule has 44 valence electrons. The maximum atomic E-state index is 3.49. The van der Waals surface area contributed by atoms with Crippen molar-refractivity contribution in [3.8, 4) is 0 Å². The van der Waals surface area contributed by atoms with E-state index in [1.54, 1.807) is 0 Å². The maximum Gasteiger partial charge on any atom is 0.0646 e. The van der Waals surface area contributed by atoms with Crippen molar-refractivity contribution in [3.63, 3.8) is 0 Å². The number of allylic oxidation sites excluding steroid dienone is 4. The van der Waals surface area contributed by atoms with Gasteiger partial charge in [0, 0.05) is 7.16 Å². The molecule has 0 fully saturated rings. The van der Waals surface area contributed by atoms with Gasteiger partial charge in [-0.1, -0.05) is 28.1 Å². The minimum atomic E-state index is 0.481. The van der Waals surface area contributed by atoms with Gasteiger partial charge in [-0.15, -0.1) is 0 Å². The first kappa shape index (κ1) is 7.53. The summed E-state index contributed by atoms with van der Waals surface area (Å²) in [6.07, 6.45) is 4.27. The molecule has 0 aliphatic heterocycles.